The van der Waals surface area contributed by atoms with Crippen molar-refractivity contribution in [2.75, 3.05) is 24.2 Å². The zero-order chi connectivity index (χ0) is 18.3. The van der Waals surface area contributed by atoms with E-state index in [0.29, 0.717) is 5.82 Å². The summed E-state index contributed by atoms with van der Waals surface area (Å²) in [5.41, 5.74) is -2.35. The van der Waals surface area contributed by atoms with Gasteiger partial charge in [-0.05, 0) is 18.6 Å². The van der Waals surface area contributed by atoms with E-state index in [0.717, 1.165) is 6.26 Å². The lowest BCUT2D eigenvalue weighted by Crippen LogP contribution is -2.45. The van der Waals surface area contributed by atoms with Crippen molar-refractivity contribution in [3.63, 3.8) is 0 Å². The molecule has 3 rings (SSSR count). The van der Waals surface area contributed by atoms with Gasteiger partial charge in [-0.2, -0.15) is 18.2 Å². The van der Waals surface area contributed by atoms with E-state index < -0.39 is 39.6 Å². The number of aromatic nitrogens is 3. The molecule has 1 atom stereocenters. The van der Waals surface area contributed by atoms with E-state index in [1.165, 1.54) is 11.1 Å². The van der Waals surface area contributed by atoms with Crippen molar-refractivity contribution in [1.29, 1.82) is 0 Å². The standard InChI is InChI=1S/C14H15F3N4O3S/c1-25(22,23)8-10-19-12(24-20-10)13(14(15,16)17)5-7-21(9-13)11-4-2-3-6-18-11/h2-4,6H,5,7-9H2,1H3. The smallest absolute Gasteiger partial charge is 0.355 e. The first-order chi connectivity index (χ1) is 11.6. The van der Waals surface area contributed by atoms with Crippen LogP contribution in [0.1, 0.15) is 18.1 Å². The van der Waals surface area contributed by atoms with Crippen molar-refractivity contribution in [2.45, 2.75) is 23.8 Å². The van der Waals surface area contributed by atoms with E-state index in [9.17, 15) is 21.6 Å². The molecule has 0 spiro atoms. The second-order valence-electron chi connectivity index (χ2n) is 6.03. The molecule has 1 saturated heterocycles. The third-order valence-electron chi connectivity index (χ3n) is 4.05. The minimum atomic E-state index is -4.63. The summed E-state index contributed by atoms with van der Waals surface area (Å²) in [7, 11) is -3.48. The molecule has 1 aliphatic heterocycles. The summed E-state index contributed by atoms with van der Waals surface area (Å²) in [4.78, 5) is 9.28. The van der Waals surface area contributed by atoms with Gasteiger partial charge in [0.25, 0.3) is 0 Å². The summed E-state index contributed by atoms with van der Waals surface area (Å²) in [6.07, 6.45) is -2.47. The van der Waals surface area contributed by atoms with Gasteiger partial charge < -0.3 is 9.42 Å². The van der Waals surface area contributed by atoms with E-state index in [1.807, 2.05) is 0 Å². The fourth-order valence-corrected chi connectivity index (χ4v) is 3.40. The van der Waals surface area contributed by atoms with Crippen LogP contribution in [0.5, 0.6) is 0 Å². The maximum Gasteiger partial charge on any atom is 0.405 e. The third kappa shape index (κ3) is 3.46. The second kappa shape index (κ2) is 5.97. The molecule has 2 aromatic heterocycles. The van der Waals surface area contributed by atoms with E-state index >= 15 is 0 Å². The largest absolute Gasteiger partial charge is 0.405 e. The molecular formula is C14H15F3N4O3S. The van der Waals surface area contributed by atoms with Gasteiger partial charge >= 0.3 is 6.18 Å². The lowest BCUT2D eigenvalue weighted by atomic mass is 9.86. The minimum absolute atomic E-state index is 0.111. The van der Waals surface area contributed by atoms with Gasteiger partial charge in [-0.15, -0.1) is 0 Å². The maximum absolute atomic E-state index is 13.8. The van der Waals surface area contributed by atoms with Crippen LogP contribution in [0.3, 0.4) is 0 Å². The Hall–Kier alpha value is -2.17. The highest BCUT2D eigenvalue weighted by atomic mass is 32.2. The molecule has 0 radical (unpaired) electrons. The Morgan fingerprint density at radius 1 is 1.36 bits per heavy atom. The van der Waals surface area contributed by atoms with E-state index in [4.69, 9.17) is 4.52 Å². The highest BCUT2D eigenvalue weighted by Gasteiger charge is 2.63. The van der Waals surface area contributed by atoms with Crippen LogP contribution in [0.15, 0.2) is 28.9 Å². The summed E-state index contributed by atoms with van der Waals surface area (Å²) < 4.78 is 68.9. The quantitative estimate of drug-likeness (QED) is 0.803. The van der Waals surface area contributed by atoms with Gasteiger partial charge in [-0.25, -0.2) is 13.4 Å². The van der Waals surface area contributed by atoms with Gasteiger partial charge in [-0.1, -0.05) is 11.2 Å². The number of sulfone groups is 1. The number of pyridine rings is 1. The first-order valence-electron chi connectivity index (χ1n) is 7.34. The second-order valence-corrected chi connectivity index (χ2v) is 8.17. The van der Waals surface area contributed by atoms with Crippen molar-refractivity contribution < 1.29 is 26.1 Å². The first-order valence-corrected chi connectivity index (χ1v) is 9.40. The number of nitrogens with zero attached hydrogens (tertiary/aromatic N) is 4. The molecular weight excluding hydrogens is 361 g/mol. The van der Waals surface area contributed by atoms with Crippen LogP contribution in [0.25, 0.3) is 0 Å². The predicted octanol–water partition coefficient (Wildman–Crippen LogP) is 1.72. The van der Waals surface area contributed by atoms with Crippen molar-refractivity contribution >= 4 is 15.7 Å². The average Bonchev–Trinajstić information content (AvgIpc) is 3.13. The SMILES string of the molecule is CS(=O)(=O)Cc1noc(C2(C(F)(F)F)CCN(c3ccccn3)C2)n1. The van der Waals surface area contributed by atoms with E-state index in [-0.39, 0.29) is 18.8 Å². The number of anilines is 1. The number of halogens is 3. The molecule has 0 saturated carbocycles. The summed E-state index contributed by atoms with van der Waals surface area (Å²) in [5, 5.41) is 3.40. The van der Waals surface area contributed by atoms with Gasteiger partial charge in [0.05, 0.1) is 0 Å². The van der Waals surface area contributed by atoms with Crippen LogP contribution in [0.2, 0.25) is 0 Å². The van der Waals surface area contributed by atoms with Crippen LogP contribution < -0.4 is 4.90 Å². The molecule has 0 amide bonds. The van der Waals surface area contributed by atoms with E-state index in [2.05, 4.69) is 15.1 Å². The van der Waals surface area contributed by atoms with Gasteiger partial charge in [0.2, 0.25) is 5.89 Å². The Balaban J connectivity index is 1.94. The highest BCUT2D eigenvalue weighted by Crippen LogP contribution is 2.47. The molecule has 0 N–H and O–H groups in total. The Bertz CT molecular complexity index is 854. The van der Waals surface area contributed by atoms with Gasteiger partial charge in [0, 0.05) is 25.5 Å². The van der Waals surface area contributed by atoms with Crippen molar-refractivity contribution in [3.05, 3.63) is 36.1 Å². The van der Waals surface area contributed by atoms with Crippen LogP contribution in [-0.4, -0.2) is 49.1 Å². The summed E-state index contributed by atoms with van der Waals surface area (Å²) >= 11 is 0. The number of hydrogen-bond acceptors (Lipinski definition) is 7. The Morgan fingerprint density at radius 2 is 2.12 bits per heavy atom. The molecule has 0 aliphatic carbocycles. The number of hydrogen-bond donors (Lipinski definition) is 0. The summed E-state index contributed by atoms with van der Waals surface area (Å²) in [6.45, 7) is -0.311. The third-order valence-corrected chi connectivity index (χ3v) is 4.84. The maximum atomic E-state index is 13.8. The van der Waals surface area contributed by atoms with Crippen LogP contribution >= 0.6 is 0 Å². The van der Waals surface area contributed by atoms with Crippen molar-refractivity contribution in [1.82, 2.24) is 15.1 Å². The van der Waals surface area contributed by atoms with Gasteiger partial charge in [0.1, 0.15) is 11.6 Å². The first kappa shape index (κ1) is 17.6. The van der Waals surface area contributed by atoms with Crippen molar-refractivity contribution in [2.24, 2.45) is 0 Å². The molecule has 0 aromatic carbocycles. The zero-order valence-corrected chi connectivity index (χ0v) is 14.0. The molecule has 1 fully saturated rings. The number of alkyl halides is 3. The molecule has 0 bridgehead atoms. The monoisotopic (exact) mass is 376 g/mol. The molecule has 1 aliphatic rings. The lowest BCUT2D eigenvalue weighted by molar-refractivity contribution is -0.191. The molecule has 25 heavy (non-hydrogen) atoms. The predicted molar refractivity (Wildman–Crippen MR) is 81.6 cm³/mol. The topological polar surface area (TPSA) is 89.2 Å². The van der Waals surface area contributed by atoms with Gasteiger partial charge in [-0.3, -0.25) is 0 Å². The Morgan fingerprint density at radius 3 is 2.72 bits per heavy atom. The normalized spacial score (nSPS) is 21.7. The van der Waals surface area contributed by atoms with E-state index in [1.54, 1.807) is 18.2 Å². The summed E-state index contributed by atoms with van der Waals surface area (Å²) in [6, 6.07) is 4.98. The number of rotatable bonds is 4. The molecule has 1 unspecified atom stereocenters. The molecule has 7 nitrogen and oxygen atoms in total. The van der Waals surface area contributed by atoms with Crippen LogP contribution in [-0.2, 0) is 21.0 Å². The average molecular weight is 376 g/mol. The van der Waals surface area contributed by atoms with Gasteiger partial charge in [0.15, 0.2) is 21.1 Å². The molecule has 2 aromatic rings. The highest BCUT2D eigenvalue weighted by molar-refractivity contribution is 7.89. The fraction of sp³-hybridized carbons (Fsp3) is 0.500. The van der Waals surface area contributed by atoms with Crippen LogP contribution in [0, 0.1) is 0 Å². The van der Waals surface area contributed by atoms with Crippen molar-refractivity contribution in [3.8, 4) is 0 Å². The fourth-order valence-electron chi connectivity index (χ4n) is 2.81. The molecule has 3 heterocycles. The Labute approximate surface area is 141 Å². The summed E-state index contributed by atoms with van der Waals surface area (Å²) in [5.74, 6) is -1.05. The van der Waals surface area contributed by atoms with Crippen LogP contribution in [0.4, 0.5) is 19.0 Å². The zero-order valence-electron chi connectivity index (χ0n) is 13.2. The Kier molecular flexibility index (Phi) is 4.21. The molecule has 136 valence electrons. The molecule has 11 heteroatoms. The minimum Gasteiger partial charge on any atom is -0.355 e. The lowest BCUT2D eigenvalue weighted by Gasteiger charge is -2.28.